The molecule has 0 saturated heterocycles. The van der Waals surface area contributed by atoms with E-state index in [0.717, 1.165) is 50.1 Å². The molecular formula is C55H47N5. The van der Waals surface area contributed by atoms with Crippen LogP contribution >= 0.6 is 0 Å². The lowest BCUT2D eigenvalue weighted by Gasteiger charge is -2.32. The first-order valence-electron chi connectivity index (χ1n) is 20.5. The summed E-state index contributed by atoms with van der Waals surface area (Å²) in [5.74, 6) is 1.73. The van der Waals surface area contributed by atoms with E-state index in [1.54, 1.807) is 0 Å². The molecule has 0 unspecified atom stereocenters. The zero-order chi connectivity index (χ0) is 41.3. The van der Waals surface area contributed by atoms with Gasteiger partial charge in [0.1, 0.15) is 0 Å². The van der Waals surface area contributed by atoms with Crippen molar-refractivity contribution < 1.29 is 0 Å². The number of anilines is 6. The maximum absolute atomic E-state index is 5.31. The summed E-state index contributed by atoms with van der Waals surface area (Å²) in [5, 5.41) is 2.30. The molecule has 0 aliphatic rings. The van der Waals surface area contributed by atoms with Crippen LogP contribution in [0, 0.1) is 41.5 Å². The molecular weight excluding hydrogens is 731 g/mol. The third-order valence-corrected chi connectivity index (χ3v) is 11.2. The molecule has 0 aliphatic carbocycles. The average Bonchev–Trinajstić information content (AvgIpc) is 3.26. The largest absolute Gasteiger partial charge is 0.309 e. The maximum atomic E-state index is 5.31. The molecule has 5 heteroatoms. The number of nitrogens with zero attached hydrogens (tertiary/aromatic N) is 5. The van der Waals surface area contributed by atoms with Crippen molar-refractivity contribution in [3.05, 3.63) is 209 Å². The second kappa shape index (κ2) is 16.1. The number of hydrogen-bond acceptors (Lipinski definition) is 5. The molecule has 292 valence electrons. The molecule has 1 heterocycles. The highest BCUT2D eigenvalue weighted by molar-refractivity contribution is 6.05. The quantitative estimate of drug-likeness (QED) is 0.146. The number of hydrogen-bond donors (Lipinski definition) is 0. The Kier molecular flexibility index (Phi) is 10.2. The molecule has 0 radical (unpaired) electrons. The Balaban J connectivity index is 1.31. The molecule has 0 fully saturated rings. The molecule has 0 spiro atoms. The van der Waals surface area contributed by atoms with Gasteiger partial charge < -0.3 is 4.90 Å². The van der Waals surface area contributed by atoms with Crippen LogP contribution in [0.2, 0.25) is 0 Å². The Labute approximate surface area is 353 Å². The van der Waals surface area contributed by atoms with Crippen LogP contribution in [-0.4, -0.2) is 15.0 Å². The lowest BCUT2D eigenvalue weighted by Crippen LogP contribution is -2.18. The van der Waals surface area contributed by atoms with Crippen molar-refractivity contribution in [2.45, 2.75) is 41.5 Å². The van der Waals surface area contributed by atoms with E-state index >= 15 is 0 Å². The van der Waals surface area contributed by atoms with E-state index in [4.69, 9.17) is 15.0 Å². The van der Waals surface area contributed by atoms with Crippen molar-refractivity contribution in [2.24, 2.45) is 0 Å². The Morgan fingerprint density at radius 1 is 0.367 bits per heavy atom. The van der Waals surface area contributed by atoms with E-state index in [2.05, 4.69) is 191 Å². The average molecular weight is 778 g/mol. The first kappa shape index (κ1) is 38.2. The molecule has 0 bridgehead atoms. The highest BCUT2D eigenvalue weighted by Gasteiger charge is 2.26. The molecule has 8 aromatic carbocycles. The summed E-state index contributed by atoms with van der Waals surface area (Å²) in [6.07, 6.45) is 0. The summed E-state index contributed by atoms with van der Waals surface area (Å²) in [4.78, 5) is 20.3. The number of rotatable bonds is 9. The van der Waals surface area contributed by atoms with Gasteiger partial charge in [-0.15, -0.1) is 0 Å². The van der Waals surface area contributed by atoms with Crippen LogP contribution in [0.5, 0.6) is 0 Å². The van der Waals surface area contributed by atoms with Gasteiger partial charge in [0.05, 0.1) is 17.1 Å². The molecule has 0 N–H and O–H groups in total. The monoisotopic (exact) mass is 777 g/mol. The maximum Gasteiger partial charge on any atom is 0.238 e. The van der Waals surface area contributed by atoms with E-state index in [1.807, 2.05) is 36.4 Å². The third kappa shape index (κ3) is 7.31. The van der Waals surface area contributed by atoms with Gasteiger partial charge in [-0.2, -0.15) is 9.97 Å². The van der Waals surface area contributed by atoms with Gasteiger partial charge >= 0.3 is 0 Å². The molecule has 9 aromatic rings. The van der Waals surface area contributed by atoms with Crippen molar-refractivity contribution in [3.8, 4) is 33.9 Å². The van der Waals surface area contributed by atoms with Crippen LogP contribution in [0.15, 0.2) is 176 Å². The van der Waals surface area contributed by atoms with Crippen molar-refractivity contribution in [1.82, 2.24) is 15.0 Å². The van der Waals surface area contributed by atoms with Crippen LogP contribution in [0.25, 0.3) is 44.7 Å². The topological polar surface area (TPSA) is 45.2 Å². The van der Waals surface area contributed by atoms with Crippen LogP contribution < -0.4 is 9.80 Å². The lowest BCUT2D eigenvalue weighted by atomic mass is 9.95. The van der Waals surface area contributed by atoms with Gasteiger partial charge in [-0.3, -0.25) is 4.90 Å². The minimum atomic E-state index is 0.523. The van der Waals surface area contributed by atoms with Gasteiger partial charge in [-0.05, 0) is 110 Å². The molecule has 60 heavy (non-hydrogen) atoms. The highest BCUT2D eigenvalue weighted by Crippen LogP contribution is 2.46. The van der Waals surface area contributed by atoms with Gasteiger partial charge in [0.15, 0.2) is 11.6 Å². The fourth-order valence-corrected chi connectivity index (χ4v) is 8.79. The molecule has 0 saturated carbocycles. The molecule has 5 nitrogen and oxygen atoms in total. The number of benzene rings is 8. The zero-order valence-corrected chi connectivity index (χ0v) is 35.0. The van der Waals surface area contributed by atoms with E-state index in [0.29, 0.717) is 17.6 Å². The van der Waals surface area contributed by atoms with Crippen LogP contribution in [0.4, 0.5) is 34.4 Å². The Hall–Kier alpha value is -7.37. The normalized spacial score (nSPS) is 11.2. The van der Waals surface area contributed by atoms with E-state index in [1.165, 1.54) is 44.8 Å². The Morgan fingerprint density at radius 2 is 0.783 bits per heavy atom. The van der Waals surface area contributed by atoms with Gasteiger partial charge in [-0.1, -0.05) is 157 Å². The molecule has 1 aromatic heterocycles. The molecule has 9 rings (SSSR count). The Morgan fingerprint density at radius 3 is 1.27 bits per heavy atom. The van der Waals surface area contributed by atoms with Crippen molar-refractivity contribution in [1.29, 1.82) is 0 Å². The van der Waals surface area contributed by atoms with E-state index in [9.17, 15) is 0 Å². The predicted octanol–water partition coefficient (Wildman–Crippen LogP) is 14.8. The molecule has 0 aliphatic heterocycles. The fourth-order valence-electron chi connectivity index (χ4n) is 8.79. The molecule has 0 atom stereocenters. The zero-order valence-electron chi connectivity index (χ0n) is 35.0. The predicted molar refractivity (Wildman–Crippen MR) is 251 cm³/mol. The van der Waals surface area contributed by atoms with Gasteiger partial charge in [0, 0.05) is 28.1 Å². The second-order valence-electron chi connectivity index (χ2n) is 15.7. The van der Waals surface area contributed by atoms with E-state index in [-0.39, 0.29) is 0 Å². The summed E-state index contributed by atoms with van der Waals surface area (Å²) in [5.41, 5.74) is 16.8. The van der Waals surface area contributed by atoms with Crippen LogP contribution in [-0.2, 0) is 0 Å². The minimum absolute atomic E-state index is 0.523. The standard InChI is InChI=1S/C55H47N5/c1-36-32-38(3)51(39(4)33-36)60(52-40(5)34-37(2)35-41(52)6)47-29-27-46(28-30-47)59(49-31-26-42-18-16-17-25-48(42)50(49)43-19-10-7-11-20-43)55-57-53(44-21-12-8-13-22-44)56-54(58-55)45-23-14-9-15-24-45/h7-35H,1-6H3. The third-order valence-electron chi connectivity index (χ3n) is 11.2. The first-order chi connectivity index (χ1) is 29.2. The number of aryl methyl sites for hydroxylation is 6. The van der Waals surface area contributed by atoms with Crippen LogP contribution in [0.1, 0.15) is 33.4 Å². The fraction of sp³-hybridized carbons (Fsp3) is 0.109. The van der Waals surface area contributed by atoms with Gasteiger partial charge in [0.2, 0.25) is 5.95 Å². The Bertz CT molecular complexity index is 2820. The summed E-state index contributed by atoms with van der Waals surface area (Å²) in [7, 11) is 0. The van der Waals surface area contributed by atoms with Crippen molar-refractivity contribution in [2.75, 3.05) is 9.80 Å². The lowest BCUT2D eigenvalue weighted by molar-refractivity contribution is 1.02. The smallest absolute Gasteiger partial charge is 0.238 e. The number of fused-ring (bicyclic) bond motifs is 1. The first-order valence-corrected chi connectivity index (χ1v) is 20.5. The van der Waals surface area contributed by atoms with Crippen LogP contribution in [0.3, 0.4) is 0 Å². The SMILES string of the molecule is Cc1cc(C)c(N(c2ccc(N(c3nc(-c4ccccc4)nc(-c4ccccc4)n3)c3ccc4ccccc4c3-c3ccccc3)cc2)c2c(C)cc(C)cc2C)c(C)c1. The summed E-state index contributed by atoms with van der Waals surface area (Å²) < 4.78 is 0. The van der Waals surface area contributed by atoms with Crippen molar-refractivity contribution >= 4 is 45.2 Å². The summed E-state index contributed by atoms with van der Waals surface area (Å²) >= 11 is 0. The molecule has 0 amide bonds. The summed E-state index contributed by atoms with van der Waals surface area (Å²) in [6, 6.07) is 62.0. The highest BCUT2D eigenvalue weighted by atomic mass is 15.3. The minimum Gasteiger partial charge on any atom is -0.309 e. The van der Waals surface area contributed by atoms with E-state index < -0.39 is 0 Å². The second-order valence-corrected chi connectivity index (χ2v) is 15.7. The van der Waals surface area contributed by atoms with Gasteiger partial charge in [-0.25, -0.2) is 4.98 Å². The van der Waals surface area contributed by atoms with Crippen molar-refractivity contribution in [3.63, 3.8) is 0 Å². The number of aromatic nitrogens is 3. The van der Waals surface area contributed by atoms with Gasteiger partial charge in [0.25, 0.3) is 0 Å². The summed E-state index contributed by atoms with van der Waals surface area (Å²) in [6.45, 7) is 13.2.